The van der Waals surface area contributed by atoms with Gasteiger partial charge in [-0.25, -0.2) is 4.39 Å². The molecule has 1 saturated heterocycles. The summed E-state index contributed by atoms with van der Waals surface area (Å²) in [5, 5.41) is 6.41. The molecular formula is C20H33FIN5O2. The van der Waals surface area contributed by atoms with Crippen molar-refractivity contribution in [3.63, 3.8) is 0 Å². The largest absolute Gasteiger partial charge is 0.379 e. The van der Waals surface area contributed by atoms with Crippen LogP contribution in [-0.4, -0.2) is 68.7 Å². The number of nitrogens with one attached hydrogen (secondary N) is 2. The first-order valence-corrected chi connectivity index (χ1v) is 9.87. The molecule has 1 fully saturated rings. The molecule has 2 unspecified atom stereocenters. The average Bonchev–Trinajstić information content (AvgIpc) is 2.70. The number of aliphatic imine (C=N–C) groups is 1. The van der Waals surface area contributed by atoms with Gasteiger partial charge in [0.25, 0.3) is 0 Å². The number of nitrogens with two attached hydrogens (primary N) is 1. The lowest BCUT2D eigenvalue weighted by Gasteiger charge is -2.31. The van der Waals surface area contributed by atoms with Gasteiger partial charge in [0.05, 0.1) is 25.7 Å². The molecule has 1 amide bonds. The number of halogens is 2. The molecule has 0 saturated carbocycles. The Morgan fingerprint density at radius 1 is 1.28 bits per heavy atom. The molecule has 1 aliphatic rings. The number of hydrogen-bond donors (Lipinski definition) is 3. The second-order valence-corrected chi connectivity index (χ2v) is 7.03. The first kappa shape index (κ1) is 25.6. The normalized spacial score (nSPS) is 17.1. The van der Waals surface area contributed by atoms with Crippen LogP contribution >= 0.6 is 24.0 Å². The molecule has 0 aliphatic carbocycles. The van der Waals surface area contributed by atoms with Gasteiger partial charge in [0.15, 0.2) is 5.96 Å². The van der Waals surface area contributed by atoms with Crippen LogP contribution in [0.15, 0.2) is 29.3 Å². The van der Waals surface area contributed by atoms with Crippen LogP contribution in [0.4, 0.5) is 4.39 Å². The Bertz CT molecular complexity index is 638. The summed E-state index contributed by atoms with van der Waals surface area (Å²) in [7, 11) is 0. The molecule has 9 heteroatoms. The molecule has 0 radical (unpaired) electrons. The zero-order chi connectivity index (χ0) is 20.4. The van der Waals surface area contributed by atoms with E-state index in [4.69, 9.17) is 10.5 Å². The highest BCUT2D eigenvalue weighted by Crippen LogP contribution is 2.10. The van der Waals surface area contributed by atoms with E-state index in [1.807, 2.05) is 6.92 Å². The van der Waals surface area contributed by atoms with Gasteiger partial charge in [-0.15, -0.1) is 24.0 Å². The fourth-order valence-corrected chi connectivity index (χ4v) is 3.10. The van der Waals surface area contributed by atoms with Gasteiger partial charge in [-0.05, 0) is 38.0 Å². The van der Waals surface area contributed by atoms with Crippen molar-refractivity contribution in [2.24, 2.45) is 16.6 Å². The van der Waals surface area contributed by atoms with Crippen molar-refractivity contribution in [3.8, 4) is 0 Å². The number of benzene rings is 1. The quantitative estimate of drug-likeness (QED) is 0.260. The molecular weight excluding hydrogens is 488 g/mol. The fraction of sp³-hybridized carbons (Fsp3) is 0.600. The van der Waals surface area contributed by atoms with Crippen LogP contribution in [0.2, 0.25) is 0 Å². The molecule has 1 aliphatic heterocycles. The summed E-state index contributed by atoms with van der Waals surface area (Å²) in [5.41, 5.74) is 6.43. The first-order chi connectivity index (χ1) is 13.5. The molecule has 29 heavy (non-hydrogen) atoms. The first-order valence-electron chi connectivity index (χ1n) is 9.87. The predicted molar refractivity (Wildman–Crippen MR) is 124 cm³/mol. The second kappa shape index (κ2) is 13.7. The van der Waals surface area contributed by atoms with Crippen LogP contribution < -0.4 is 16.4 Å². The van der Waals surface area contributed by atoms with E-state index in [9.17, 15) is 9.18 Å². The van der Waals surface area contributed by atoms with E-state index in [-0.39, 0.29) is 29.8 Å². The number of nitrogens with zero attached hydrogens (tertiary/aromatic N) is 2. The van der Waals surface area contributed by atoms with Crippen molar-refractivity contribution in [2.75, 3.05) is 45.9 Å². The van der Waals surface area contributed by atoms with Crippen LogP contribution in [0.1, 0.15) is 19.4 Å². The Balaban J connectivity index is 0.00000420. The number of guanidine groups is 1. The second-order valence-electron chi connectivity index (χ2n) is 7.03. The maximum absolute atomic E-state index is 13.1. The lowest BCUT2D eigenvalue weighted by molar-refractivity contribution is -0.121. The maximum Gasteiger partial charge on any atom is 0.222 e. The zero-order valence-corrected chi connectivity index (χ0v) is 19.5. The van der Waals surface area contributed by atoms with Gasteiger partial charge >= 0.3 is 0 Å². The summed E-state index contributed by atoms with van der Waals surface area (Å²) in [6.45, 7) is 9.23. The van der Waals surface area contributed by atoms with E-state index in [0.29, 0.717) is 31.5 Å². The molecule has 0 aromatic heterocycles. The number of ether oxygens (including phenoxy) is 1. The topological polar surface area (TPSA) is 92.0 Å². The smallest absolute Gasteiger partial charge is 0.222 e. The lowest BCUT2D eigenvalue weighted by atomic mass is 9.98. The number of morpholine rings is 1. The number of carbonyl (C=O) groups is 1. The van der Waals surface area contributed by atoms with Crippen molar-refractivity contribution in [3.05, 3.63) is 35.6 Å². The average molecular weight is 521 g/mol. The van der Waals surface area contributed by atoms with Crippen molar-refractivity contribution >= 4 is 35.8 Å². The van der Waals surface area contributed by atoms with Crippen LogP contribution in [0, 0.1) is 11.7 Å². The minimum absolute atomic E-state index is 0. The van der Waals surface area contributed by atoms with Crippen LogP contribution in [0.3, 0.4) is 0 Å². The number of carbonyl (C=O) groups excluding carboxylic acids is 1. The number of amides is 1. The molecule has 4 N–H and O–H groups in total. The van der Waals surface area contributed by atoms with Gasteiger partial charge in [-0.2, -0.15) is 0 Å². The van der Waals surface area contributed by atoms with Gasteiger partial charge in [0, 0.05) is 32.2 Å². The Hall–Kier alpha value is -1.46. The summed E-state index contributed by atoms with van der Waals surface area (Å²) in [4.78, 5) is 18.9. The third-order valence-corrected chi connectivity index (χ3v) is 4.84. The maximum atomic E-state index is 13.1. The molecule has 7 nitrogen and oxygen atoms in total. The molecule has 1 aromatic rings. The highest BCUT2D eigenvalue weighted by Gasteiger charge is 2.18. The Morgan fingerprint density at radius 2 is 1.93 bits per heavy atom. The minimum atomic E-state index is -0.411. The van der Waals surface area contributed by atoms with E-state index in [1.54, 1.807) is 12.1 Å². The molecule has 1 heterocycles. The van der Waals surface area contributed by atoms with Gasteiger partial charge in [0.2, 0.25) is 5.91 Å². The zero-order valence-electron chi connectivity index (χ0n) is 17.2. The number of hydrogen-bond acceptors (Lipinski definition) is 4. The summed E-state index contributed by atoms with van der Waals surface area (Å²) in [5.74, 6) is -0.443. The highest BCUT2D eigenvalue weighted by molar-refractivity contribution is 14.0. The van der Waals surface area contributed by atoms with Gasteiger partial charge < -0.3 is 21.1 Å². The van der Waals surface area contributed by atoms with Gasteiger partial charge in [0.1, 0.15) is 5.82 Å². The van der Waals surface area contributed by atoms with Crippen molar-refractivity contribution in [2.45, 2.75) is 26.3 Å². The standard InChI is InChI=1S/C20H32FN5O2.HI/c1-3-23-20(24-13-15(2)26-8-10-28-11-9-26)25-14-17(19(22)27)12-16-4-6-18(21)7-5-16;/h4-7,15,17H,3,8-14H2,1-2H3,(H2,22,27)(H2,23,24,25);1H. The van der Waals surface area contributed by atoms with E-state index >= 15 is 0 Å². The van der Waals surface area contributed by atoms with Crippen LogP contribution in [0.5, 0.6) is 0 Å². The molecule has 1 aromatic carbocycles. The third-order valence-electron chi connectivity index (χ3n) is 4.84. The fourth-order valence-electron chi connectivity index (χ4n) is 3.10. The Labute approximate surface area is 189 Å². The van der Waals surface area contributed by atoms with E-state index in [2.05, 4.69) is 27.4 Å². The number of primary amides is 1. The van der Waals surface area contributed by atoms with Crippen molar-refractivity contribution < 1.29 is 13.9 Å². The predicted octanol–water partition coefficient (Wildman–Crippen LogP) is 1.36. The van der Waals surface area contributed by atoms with E-state index < -0.39 is 11.8 Å². The summed E-state index contributed by atoms with van der Waals surface area (Å²) >= 11 is 0. The molecule has 0 bridgehead atoms. The van der Waals surface area contributed by atoms with Crippen molar-refractivity contribution in [1.82, 2.24) is 15.5 Å². The van der Waals surface area contributed by atoms with Crippen LogP contribution in [-0.2, 0) is 16.0 Å². The Morgan fingerprint density at radius 3 is 2.52 bits per heavy atom. The van der Waals surface area contributed by atoms with E-state index in [0.717, 1.165) is 38.4 Å². The molecule has 0 spiro atoms. The van der Waals surface area contributed by atoms with Crippen LogP contribution in [0.25, 0.3) is 0 Å². The summed E-state index contributed by atoms with van der Waals surface area (Å²) in [6.07, 6.45) is 0.451. The van der Waals surface area contributed by atoms with Gasteiger partial charge in [-0.1, -0.05) is 12.1 Å². The van der Waals surface area contributed by atoms with Gasteiger partial charge in [-0.3, -0.25) is 14.7 Å². The summed E-state index contributed by atoms with van der Waals surface area (Å²) < 4.78 is 18.5. The van der Waals surface area contributed by atoms with E-state index in [1.165, 1.54) is 12.1 Å². The lowest BCUT2D eigenvalue weighted by Crippen LogP contribution is -2.45. The number of rotatable bonds is 9. The minimum Gasteiger partial charge on any atom is -0.379 e. The SMILES string of the molecule is CCNC(=NCC(C)N1CCOCC1)NCC(Cc1ccc(F)cc1)C(N)=O.I. The molecule has 164 valence electrons. The molecule has 2 atom stereocenters. The Kier molecular flexibility index (Phi) is 12.1. The summed E-state index contributed by atoms with van der Waals surface area (Å²) in [6, 6.07) is 6.44. The highest BCUT2D eigenvalue weighted by atomic mass is 127. The monoisotopic (exact) mass is 521 g/mol. The third kappa shape index (κ3) is 9.26. The van der Waals surface area contributed by atoms with Crippen molar-refractivity contribution in [1.29, 1.82) is 0 Å². The molecule has 2 rings (SSSR count).